The molecule has 1 amide bonds. The summed E-state index contributed by atoms with van der Waals surface area (Å²) < 4.78 is 34.1. The number of aromatic nitrogens is 3. The van der Waals surface area contributed by atoms with Crippen molar-refractivity contribution in [2.45, 2.75) is 4.90 Å². The Kier molecular flexibility index (Phi) is 5.73. The van der Waals surface area contributed by atoms with Crippen LogP contribution >= 0.6 is 27.5 Å². The molecule has 28 heavy (non-hydrogen) atoms. The Morgan fingerprint density at radius 1 is 1.32 bits per heavy atom. The quantitative estimate of drug-likeness (QED) is 0.596. The molecule has 0 saturated heterocycles. The number of carbonyl (C=O) groups is 1. The lowest BCUT2D eigenvalue weighted by Gasteiger charge is -2.09. The Labute approximate surface area is 174 Å². The van der Waals surface area contributed by atoms with Crippen molar-refractivity contribution in [3.63, 3.8) is 0 Å². The molecule has 0 saturated carbocycles. The molecule has 1 aromatic carbocycles. The molecule has 3 aromatic rings. The van der Waals surface area contributed by atoms with Gasteiger partial charge in [0, 0.05) is 30.0 Å². The lowest BCUT2D eigenvalue weighted by Crippen LogP contribution is -2.31. The summed E-state index contributed by atoms with van der Waals surface area (Å²) in [6.45, 7) is 0. The minimum atomic E-state index is -4.16. The van der Waals surface area contributed by atoms with E-state index in [1.165, 1.54) is 30.0 Å². The van der Waals surface area contributed by atoms with Crippen LogP contribution in [0.25, 0.3) is 11.5 Å². The monoisotopic (exact) mass is 484 g/mol. The normalized spacial score (nSPS) is 11.3. The van der Waals surface area contributed by atoms with Gasteiger partial charge in [0.25, 0.3) is 15.9 Å². The number of amides is 1. The van der Waals surface area contributed by atoms with E-state index in [1.807, 2.05) is 4.72 Å². The highest BCUT2D eigenvalue weighted by Crippen LogP contribution is 2.27. The standard InChI is InChI=1S/C17H14BrClN4O4S/c1-23-9-13(21-16(23)15-12(19)4-3-7-20-15)17(24)22-28(25,26)14-8-10(27-2)5-6-11(14)18/h3-9H,1-2H3,(H,22,24). The minimum Gasteiger partial charge on any atom is -0.497 e. The molecular weight excluding hydrogens is 472 g/mol. The second kappa shape index (κ2) is 7.90. The topological polar surface area (TPSA) is 103 Å². The number of methoxy groups -OCH3 is 1. The van der Waals surface area contributed by atoms with Gasteiger partial charge in [-0.2, -0.15) is 0 Å². The van der Waals surface area contributed by atoms with Gasteiger partial charge >= 0.3 is 0 Å². The fourth-order valence-corrected chi connectivity index (χ4v) is 4.54. The fourth-order valence-electron chi connectivity index (χ4n) is 2.39. The first-order valence-corrected chi connectivity index (χ1v) is 10.4. The molecule has 0 unspecified atom stereocenters. The largest absolute Gasteiger partial charge is 0.497 e. The van der Waals surface area contributed by atoms with Gasteiger partial charge in [-0.05, 0) is 40.2 Å². The van der Waals surface area contributed by atoms with Crippen molar-refractivity contribution in [1.82, 2.24) is 19.3 Å². The number of nitrogens with one attached hydrogen (secondary N) is 1. The number of rotatable bonds is 5. The van der Waals surface area contributed by atoms with Crippen LogP contribution in [0.1, 0.15) is 10.5 Å². The molecular formula is C17H14BrClN4O4S. The maximum atomic E-state index is 12.6. The predicted octanol–water partition coefficient (Wildman–Crippen LogP) is 3.03. The van der Waals surface area contributed by atoms with E-state index in [-0.39, 0.29) is 15.1 Å². The molecule has 11 heteroatoms. The van der Waals surface area contributed by atoms with Gasteiger partial charge in [0.1, 0.15) is 22.0 Å². The summed E-state index contributed by atoms with van der Waals surface area (Å²) in [6.07, 6.45) is 2.94. The molecule has 8 nitrogen and oxygen atoms in total. The lowest BCUT2D eigenvalue weighted by atomic mass is 10.3. The Hall–Kier alpha value is -2.43. The molecule has 0 aliphatic heterocycles. The van der Waals surface area contributed by atoms with E-state index < -0.39 is 15.9 Å². The fraction of sp³-hybridized carbons (Fsp3) is 0.118. The van der Waals surface area contributed by atoms with Crippen molar-refractivity contribution < 1.29 is 17.9 Å². The van der Waals surface area contributed by atoms with E-state index in [0.717, 1.165) is 0 Å². The number of hydrogen-bond acceptors (Lipinski definition) is 6. The Bertz CT molecular complexity index is 1160. The number of sulfonamides is 1. The Morgan fingerprint density at radius 3 is 2.75 bits per heavy atom. The van der Waals surface area contributed by atoms with Gasteiger partial charge in [0.05, 0.1) is 12.1 Å². The van der Waals surface area contributed by atoms with E-state index >= 15 is 0 Å². The first-order valence-electron chi connectivity index (χ1n) is 7.78. The maximum absolute atomic E-state index is 12.6. The summed E-state index contributed by atoms with van der Waals surface area (Å²) in [5.41, 5.74) is 0.283. The van der Waals surface area contributed by atoms with Crippen molar-refractivity contribution in [1.29, 1.82) is 0 Å². The summed E-state index contributed by atoms with van der Waals surface area (Å²) in [7, 11) is -1.10. The summed E-state index contributed by atoms with van der Waals surface area (Å²) in [4.78, 5) is 20.7. The van der Waals surface area contributed by atoms with Crippen LogP contribution in [0.4, 0.5) is 0 Å². The highest BCUT2D eigenvalue weighted by molar-refractivity contribution is 9.10. The molecule has 0 bridgehead atoms. The summed E-state index contributed by atoms with van der Waals surface area (Å²) in [5, 5.41) is 0.357. The third-order valence-corrected chi connectivity index (χ3v) is 6.36. The number of ether oxygens (including phenoxy) is 1. The zero-order valence-corrected chi connectivity index (χ0v) is 17.8. The number of hydrogen-bond donors (Lipinski definition) is 1. The number of pyridine rings is 1. The molecule has 0 spiro atoms. The molecule has 0 atom stereocenters. The molecule has 146 valence electrons. The summed E-state index contributed by atoms with van der Waals surface area (Å²) >= 11 is 9.29. The first kappa shape index (κ1) is 20.3. The van der Waals surface area contributed by atoms with Gasteiger partial charge in [0.2, 0.25) is 0 Å². The number of imidazole rings is 1. The van der Waals surface area contributed by atoms with Crippen LogP contribution in [0.3, 0.4) is 0 Å². The van der Waals surface area contributed by atoms with Crippen LogP contribution in [-0.2, 0) is 17.1 Å². The van der Waals surface area contributed by atoms with Gasteiger partial charge in [0.15, 0.2) is 5.82 Å². The molecule has 0 fully saturated rings. The molecule has 0 aliphatic rings. The van der Waals surface area contributed by atoms with Crippen molar-refractivity contribution in [2.75, 3.05) is 7.11 Å². The van der Waals surface area contributed by atoms with Crippen molar-refractivity contribution in [2.24, 2.45) is 7.05 Å². The average Bonchev–Trinajstić information content (AvgIpc) is 3.04. The first-order chi connectivity index (χ1) is 13.2. The summed E-state index contributed by atoms with van der Waals surface area (Å²) in [5.74, 6) is -0.222. The maximum Gasteiger partial charge on any atom is 0.285 e. The highest BCUT2D eigenvalue weighted by Gasteiger charge is 2.24. The van der Waals surface area contributed by atoms with Gasteiger partial charge in [-0.25, -0.2) is 18.1 Å². The number of benzene rings is 1. The number of aryl methyl sites for hydroxylation is 1. The molecule has 2 heterocycles. The second-order valence-corrected chi connectivity index (χ2v) is 8.54. The molecule has 0 radical (unpaired) electrons. The van der Waals surface area contributed by atoms with Crippen LogP contribution in [0.2, 0.25) is 5.02 Å². The lowest BCUT2D eigenvalue weighted by molar-refractivity contribution is 0.0977. The van der Waals surface area contributed by atoms with Gasteiger partial charge < -0.3 is 9.30 Å². The van der Waals surface area contributed by atoms with Crippen LogP contribution in [0, 0.1) is 0 Å². The van der Waals surface area contributed by atoms with Crippen molar-refractivity contribution in [3.05, 3.63) is 57.9 Å². The van der Waals surface area contributed by atoms with Gasteiger partial charge in [-0.15, -0.1) is 0 Å². The Morgan fingerprint density at radius 2 is 2.07 bits per heavy atom. The molecule has 2 aromatic heterocycles. The van der Waals surface area contributed by atoms with Gasteiger partial charge in [-0.3, -0.25) is 9.78 Å². The third kappa shape index (κ3) is 4.03. The SMILES string of the molecule is COc1ccc(Br)c(S(=O)(=O)NC(=O)c2cn(C)c(-c3ncccc3Cl)n2)c1. The second-order valence-electron chi connectivity index (χ2n) is 5.63. The van der Waals surface area contributed by atoms with Crippen LogP contribution < -0.4 is 9.46 Å². The average molecular weight is 486 g/mol. The van der Waals surface area contributed by atoms with E-state index in [2.05, 4.69) is 25.9 Å². The molecule has 1 N–H and O–H groups in total. The highest BCUT2D eigenvalue weighted by atomic mass is 79.9. The van der Waals surface area contributed by atoms with E-state index in [9.17, 15) is 13.2 Å². The van der Waals surface area contributed by atoms with E-state index in [4.69, 9.17) is 16.3 Å². The van der Waals surface area contributed by atoms with Crippen LogP contribution in [0.5, 0.6) is 5.75 Å². The number of carbonyl (C=O) groups excluding carboxylic acids is 1. The third-order valence-electron chi connectivity index (χ3n) is 3.73. The zero-order valence-electron chi connectivity index (χ0n) is 14.7. The van der Waals surface area contributed by atoms with Crippen LogP contribution in [0.15, 0.2) is 52.1 Å². The smallest absolute Gasteiger partial charge is 0.285 e. The molecule has 0 aliphatic carbocycles. The van der Waals surface area contributed by atoms with Crippen LogP contribution in [-0.4, -0.2) is 36.0 Å². The van der Waals surface area contributed by atoms with Crippen molar-refractivity contribution in [3.8, 4) is 17.3 Å². The predicted molar refractivity (Wildman–Crippen MR) is 107 cm³/mol. The summed E-state index contributed by atoms with van der Waals surface area (Å²) in [6, 6.07) is 7.72. The van der Waals surface area contributed by atoms with Crippen molar-refractivity contribution >= 4 is 43.5 Å². The Balaban J connectivity index is 1.92. The van der Waals surface area contributed by atoms with Gasteiger partial charge in [-0.1, -0.05) is 11.6 Å². The zero-order chi connectivity index (χ0) is 20.5. The minimum absolute atomic E-state index is 0.0955. The van der Waals surface area contributed by atoms with E-state index in [0.29, 0.717) is 22.3 Å². The number of halogens is 2. The van der Waals surface area contributed by atoms with E-state index in [1.54, 1.807) is 31.4 Å². The number of nitrogens with zero attached hydrogens (tertiary/aromatic N) is 3. The molecule has 3 rings (SSSR count).